The molecule has 1 aromatic rings. The van der Waals surface area contributed by atoms with E-state index in [4.69, 9.17) is 4.74 Å². The highest BCUT2D eigenvalue weighted by atomic mass is 127. The molecular weight excluding hydrogens is 437 g/mol. The molecule has 2 rings (SSSR count). The number of hydrogen-bond acceptors (Lipinski definition) is 5. The fourth-order valence-corrected chi connectivity index (χ4v) is 3.56. The summed E-state index contributed by atoms with van der Waals surface area (Å²) in [5.74, 6) is 0.867. The minimum atomic E-state index is 0. The maximum atomic E-state index is 5.15. The highest BCUT2D eigenvalue weighted by Gasteiger charge is 2.19. The number of guanidine groups is 1. The van der Waals surface area contributed by atoms with Gasteiger partial charge in [-0.3, -0.25) is 4.99 Å². The summed E-state index contributed by atoms with van der Waals surface area (Å²) in [5, 5.41) is 8.01. The highest BCUT2D eigenvalue weighted by molar-refractivity contribution is 14.0. The minimum absolute atomic E-state index is 0. The van der Waals surface area contributed by atoms with E-state index in [1.807, 2.05) is 7.05 Å². The summed E-state index contributed by atoms with van der Waals surface area (Å²) in [6.07, 6.45) is 2.28. The number of aromatic nitrogens is 1. The largest absolute Gasteiger partial charge is 0.383 e. The minimum Gasteiger partial charge on any atom is -0.383 e. The number of likely N-dealkylation sites (tertiary alicyclic amines) is 1. The first kappa shape index (κ1) is 21.6. The summed E-state index contributed by atoms with van der Waals surface area (Å²) in [5.41, 5.74) is 1.12. The summed E-state index contributed by atoms with van der Waals surface area (Å²) < 4.78 is 5.15. The normalized spacial score (nSPS) is 16.8. The van der Waals surface area contributed by atoms with Crippen molar-refractivity contribution in [1.29, 1.82) is 0 Å². The molecule has 24 heavy (non-hydrogen) atoms. The number of nitrogens with one attached hydrogen (secondary N) is 2. The van der Waals surface area contributed by atoms with Crippen molar-refractivity contribution in [2.75, 3.05) is 40.4 Å². The third-order valence-electron chi connectivity index (χ3n) is 4.24. The van der Waals surface area contributed by atoms with Crippen LogP contribution in [0.1, 0.15) is 28.4 Å². The summed E-state index contributed by atoms with van der Waals surface area (Å²) in [7, 11) is 3.58. The zero-order valence-electron chi connectivity index (χ0n) is 15.1. The average molecular weight is 467 g/mol. The van der Waals surface area contributed by atoms with E-state index in [9.17, 15) is 0 Å². The van der Waals surface area contributed by atoms with Crippen molar-refractivity contribution in [3.8, 4) is 0 Å². The van der Waals surface area contributed by atoms with Gasteiger partial charge in [0.15, 0.2) is 5.96 Å². The molecule has 6 nitrogen and oxygen atoms in total. The molecule has 1 aromatic heterocycles. The summed E-state index contributed by atoms with van der Waals surface area (Å²) >= 11 is 1.75. The van der Waals surface area contributed by atoms with E-state index in [0.29, 0.717) is 6.04 Å². The number of halogens is 1. The molecule has 0 aromatic carbocycles. The van der Waals surface area contributed by atoms with Gasteiger partial charge in [0.2, 0.25) is 0 Å². The van der Waals surface area contributed by atoms with Gasteiger partial charge in [-0.15, -0.1) is 35.3 Å². The van der Waals surface area contributed by atoms with E-state index in [0.717, 1.165) is 62.3 Å². The molecule has 0 amide bonds. The van der Waals surface area contributed by atoms with Crippen LogP contribution >= 0.6 is 35.3 Å². The van der Waals surface area contributed by atoms with E-state index in [2.05, 4.69) is 39.4 Å². The van der Waals surface area contributed by atoms with Crippen LogP contribution in [0.5, 0.6) is 0 Å². The molecule has 1 fully saturated rings. The van der Waals surface area contributed by atoms with Crippen LogP contribution in [-0.2, 0) is 11.3 Å². The van der Waals surface area contributed by atoms with Gasteiger partial charge in [0.25, 0.3) is 0 Å². The standard InChI is InChI=1S/C16H29N5OS.HI/c1-12-13(2)23-15(19-12)11-18-16(17-3)20-14-5-7-21(8-6-14)9-10-22-4;/h14H,5-11H2,1-4H3,(H2,17,18,20);1H. The Labute approximate surface area is 166 Å². The summed E-state index contributed by atoms with van der Waals surface area (Å²) in [6, 6.07) is 0.486. The highest BCUT2D eigenvalue weighted by Crippen LogP contribution is 2.16. The molecule has 0 radical (unpaired) electrons. The predicted molar refractivity (Wildman–Crippen MR) is 112 cm³/mol. The van der Waals surface area contributed by atoms with Crippen LogP contribution in [0, 0.1) is 13.8 Å². The summed E-state index contributed by atoms with van der Waals surface area (Å²) in [6.45, 7) is 8.96. The van der Waals surface area contributed by atoms with Crippen molar-refractivity contribution in [2.24, 2.45) is 4.99 Å². The second kappa shape index (κ2) is 11.2. The lowest BCUT2D eigenvalue weighted by atomic mass is 10.1. The van der Waals surface area contributed by atoms with Crippen LogP contribution in [-0.4, -0.2) is 62.3 Å². The van der Waals surface area contributed by atoms with Crippen LogP contribution < -0.4 is 10.6 Å². The maximum absolute atomic E-state index is 5.15. The molecule has 1 aliphatic rings. The van der Waals surface area contributed by atoms with E-state index >= 15 is 0 Å². The smallest absolute Gasteiger partial charge is 0.191 e. The molecule has 0 atom stereocenters. The lowest BCUT2D eigenvalue weighted by Gasteiger charge is -2.32. The molecule has 138 valence electrons. The molecule has 0 saturated carbocycles. The van der Waals surface area contributed by atoms with Crippen molar-refractivity contribution in [3.63, 3.8) is 0 Å². The first-order valence-corrected chi connectivity index (χ1v) is 9.05. The number of methoxy groups -OCH3 is 1. The number of aryl methyl sites for hydroxylation is 2. The molecule has 2 N–H and O–H groups in total. The Kier molecular flexibility index (Phi) is 10.1. The van der Waals surface area contributed by atoms with Crippen molar-refractivity contribution in [3.05, 3.63) is 15.6 Å². The van der Waals surface area contributed by atoms with Gasteiger partial charge < -0.3 is 20.3 Å². The van der Waals surface area contributed by atoms with Gasteiger partial charge in [0, 0.05) is 44.7 Å². The molecular formula is C16H30IN5OS. The Balaban J connectivity index is 0.00000288. The predicted octanol–water partition coefficient (Wildman–Crippen LogP) is 2.15. The van der Waals surface area contributed by atoms with Crippen LogP contribution in [0.25, 0.3) is 0 Å². The van der Waals surface area contributed by atoms with Gasteiger partial charge in [-0.25, -0.2) is 4.98 Å². The van der Waals surface area contributed by atoms with Gasteiger partial charge in [-0.2, -0.15) is 0 Å². The Bertz CT molecular complexity index is 495. The maximum Gasteiger partial charge on any atom is 0.191 e. The molecule has 2 heterocycles. The molecule has 8 heteroatoms. The number of piperidine rings is 1. The zero-order valence-corrected chi connectivity index (χ0v) is 18.2. The SMILES string of the molecule is CN=C(NCc1nc(C)c(C)s1)NC1CCN(CCOC)CC1.I. The molecule has 1 aliphatic heterocycles. The van der Waals surface area contributed by atoms with Gasteiger partial charge >= 0.3 is 0 Å². The fraction of sp³-hybridized carbons (Fsp3) is 0.750. The molecule has 0 unspecified atom stereocenters. The van der Waals surface area contributed by atoms with E-state index < -0.39 is 0 Å². The number of hydrogen-bond donors (Lipinski definition) is 2. The number of thiazole rings is 1. The Hall–Kier alpha value is -0.450. The van der Waals surface area contributed by atoms with E-state index in [-0.39, 0.29) is 24.0 Å². The third kappa shape index (κ3) is 6.81. The first-order chi connectivity index (χ1) is 11.1. The monoisotopic (exact) mass is 467 g/mol. The topological polar surface area (TPSA) is 61.8 Å². The molecule has 0 aliphatic carbocycles. The third-order valence-corrected chi connectivity index (χ3v) is 5.32. The first-order valence-electron chi connectivity index (χ1n) is 8.23. The molecule has 0 spiro atoms. The van der Waals surface area contributed by atoms with Crippen molar-refractivity contribution in [2.45, 2.75) is 39.3 Å². The van der Waals surface area contributed by atoms with Crippen molar-refractivity contribution in [1.82, 2.24) is 20.5 Å². The van der Waals surface area contributed by atoms with Crippen LogP contribution in [0.3, 0.4) is 0 Å². The number of nitrogens with zero attached hydrogens (tertiary/aromatic N) is 3. The van der Waals surface area contributed by atoms with Crippen LogP contribution in [0.15, 0.2) is 4.99 Å². The Morgan fingerprint density at radius 2 is 2.08 bits per heavy atom. The van der Waals surface area contributed by atoms with Crippen molar-refractivity contribution < 1.29 is 4.74 Å². The van der Waals surface area contributed by atoms with Crippen LogP contribution in [0.4, 0.5) is 0 Å². The fourth-order valence-electron chi connectivity index (χ4n) is 2.68. The second-order valence-electron chi connectivity index (χ2n) is 5.93. The van der Waals surface area contributed by atoms with E-state index in [1.54, 1.807) is 18.4 Å². The van der Waals surface area contributed by atoms with E-state index in [1.165, 1.54) is 4.88 Å². The quantitative estimate of drug-likeness (QED) is 0.382. The van der Waals surface area contributed by atoms with Gasteiger partial charge in [0.1, 0.15) is 5.01 Å². The van der Waals surface area contributed by atoms with Gasteiger partial charge in [-0.1, -0.05) is 0 Å². The summed E-state index contributed by atoms with van der Waals surface area (Å²) in [4.78, 5) is 12.6. The second-order valence-corrected chi connectivity index (χ2v) is 7.22. The number of aliphatic imine (C=N–C) groups is 1. The Morgan fingerprint density at radius 3 is 2.62 bits per heavy atom. The number of ether oxygens (including phenoxy) is 1. The van der Waals surface area contributed by atoms with Crippen molar-refractivity contribution >= 4 is 41.3 Å². The Morgan fingerprint density at radius 1 is 1.38 bits per heavy atom. The lowest BCUT2D eigenvalue weighted by molar-refractivity contribution is 0.128. The van der Waals surface area contributed by atoms with Crippen LogP contribution in [0.2, 0.25) is 0 Å². The van der Waals surface area contributed by atoms with Gasteiger partial charge in [-0.05, 0) is 26.7 Å². The number of rotatable bonds is 6. The lowest BCUT2D eigenvalue weighted by Crippen LogP contribution is -2.48. The molecule has 1 saturated heterocycles. The van der Waals surface area contributed by atoms with Gasteiger partial charge in [0.05, 0.1) is 18.8 Å². The molecule has 0 bridgehead atoms. The average Bonchev–Trinajstić information content (AvgIpc) is 2.89. The zero-order chi connectivity index (χ0) is 16.7.